The summed E-state index contributed by atoms with van der Waals surface area (Å²) in [5, 5.41) is 13.1. The second-order valence-electron chi connectivity index (χ2n) is 8.31. The minimum Gasteiger partial charge on any atom is -0.384 e. The molecule has 2 aromatic carbocycles. The van der Waals surface area contributed by atoms with Crippen LogP contribution >= 0.6 is 11.6 Å². The molecule has 7 heteroatoms. The van der Waals surface area contributed by atoms with E-state index in [1.54, 1.807) is 0 Å². The third-order valence-corrected chi connectivity index (χ3v) is 6.26. The quantitative estimate of drug-likeness (QED) is 0.474. The minimum absolute atomic E-state index is 0.775. The Morgan fingerprint density at radius 1 is 0.938 bits per heavy atom. The second kappa shape index (κ2) is 9.18. The van der Waals surface area contributed by atoms with Gasteiger partial charge in [-0.2, -0.15) is 0 Å². The molecule has 0 atom stereocenters. The lowest BCUT2D eigenvalue weighted by Gasteiger charge is -2.34. The van der Waals surface area contributed by atoms with E-state index in [4.69, 9.17) is 11.6 Å². The Bertz CT molecular complexity index is 1190. The van der Waals surface area contributed by atoms with Crippen molar-refractivity contribution in [3.63, 3.8) is 0 Å². The van der Waals surface area contributed by atoms with Gasteiger partial charge in [-0.1, -0.05) is 23.7 Å². The van der Waals surface area contributed by atoms with Crippen LogP contribution in [0.1, 0.15) is 5.56 Å². The predicted molar refractivity (Wildman–Crippen MR) is 132 cm³/mol. The molecule has 32 heavy (non-hydrogen) atoms. The van der Waals surface area contributed by atoms with Gasteiger partial charge in [0, 0.05) is 55.2 Å². The SMILES string of the molecule is CN1CCN(c2ccc(-c3nnc4ccc(NCCc5cccc(Cl)c5)cn34)cc2)CC1. The number of likely N-dealkylation sites (N-methyl/N-ethyl adjacent to an activating group) is 1. The number of fused-ring (bicyclic) bond motifs is 1. The van der Waals surface area contributed by atoms with Crippen LogP contribution in [0.5, 0.6) is 0 Å². The number of aromatic nitrogens is 3. The molecule has 0 aliphatic carbocycles. The number of hydrogen-bond acceptors (Lipinski definition) is 5. The number of nitrogens with zero attached hydrogens (tertiary/aromatic N) is 5. The first-order chi connectivity index (χ1) is 15.7. The Morgan fingerprint density at radius 2 is 1.75 bits per heavy atom. The monoisotopic (exact) mass is 446 g/mol. The molecule has 2 aromatic heterocycles. The van der Waals surface area contributed by atoms with Crippen molar-refractivity contribution in [2.24, 2.45) is 0 Å². The summed E-state index contributed by atoms with van der Waals surface area (Å²) in [6.07, 6.45) is 2.97. The van der Waals surface area contributed by atoms with Gasteiger partial charge in [-0.25, -0.2) is 0 Å². The van der Waals surface area contributed by atoms with Gasteiger partial charge in [0.1, 0.15) is 0 Å². The lowest BCUT2D eigenvalue weighted by molar-refractivity contribution is 0.313. The van der Waals surface area contributed by atoms with E-state index in [-0.39, 0.29) is 0 Å². The molecule has 4 aromatic rings. The van der Waals surface area contributed by atoms with Gasteiger partial charge in [0.15, 0.2) is 11.5 Å². The van der Waals surface area contributed by atoms with Crippen LogP contribution in [0.3, 0.4) is 0 Å². The molecule has 0 unspecified atom stereocenters. The summed E-state index contributed by atoms with van der Waals surface area (Å²) < 4.78 is 2.05. The number of piperazine rings is 1. The Morgan fingerprint density at radius 3 is 2.53 bits per heavy atom. The molecule has 164 valence electrons. The molecule has 0 radical (unpaired) electrons. The van der Waals surface area contributed by atoms with Gasteiger partial charge >= 0.3 is 0 Å². The van der Waals surface area contributed by atoms with Crippen molar-refractivity contribution < 1.29 is 0 Å². The Balaban J connectivity index is 1.30. The fourth-order valence-electron chi connectivity index (χ4n) is 4.12. The molecular formula is C25H27ClN6. The van der Waals surface area contributed by atoms with Crippen molar-refractivity contribution in [3.8, 4) is 11.4 Å². The first-order valence-corrected chi connectivity index (χ1v) is 11.4. The Hall–Kier alpha value is -3.09. The van der Waals surface area contributed by atoms with E-state index in [2.05, 4.69) is 68.9 Å². The zero-order valence-corrected chi connectivity index (χ0v) is 19.0. The minimum atomic E-state index is 0.775. The summed E-state index contributed by atoms with van der Waals surface area (Å²) in [6, 6.07) is 20.7. The van der Waals surface area contributed by atoms with Gasteiger partial charge < -0.3 is 15.1 Å². The van der Waals surface area contributed by atoms with E-state index < -0.39 is 0 Å². The highest BCUT2D eigenvalue weighted by Crippen LogP contribution is 2.24. The van der Waals surface area contributed by atoms with Crippen molar-refractivity contribution in [3.05, 3.63) is 77.4 Å². The fraction of sp³-hybridized carbons (Fsp3) is 0.280. The summed E-state index contributed by atoms with van der Waals surface area (Å²) in [6.45, 7) is 5.15. The average molecular weight is 447 g/mol. The maximum Gasteiger partial charge on any atom is 0.168 e. The molecule has 0 spiro atoms. The molecule has 6 nitrogen and oxygen atoms in total. The van der Waals surface area contributed by atoms with Gasteiger partial charge in [-0.15, -0.1) is 10.2 Å². The van der Waals surface area contributed by atoms with Crippen molar-refractivity contribution in [2.45, 2.75) is 6.42 Å². The predicted octanol–water partition coefficient (Wildman–Crippen LogP) is 4.46. The van der Waals surface area contributed by atoms with Crippen LogP contribution in [0.25, 0.3) is 17.0 Å². The number of hydrogen-bond donors (Lipinski definition) is 1. The van der Waals surface area contributed by atoms with Gasteiger partial charge in [0.2, 0.25) is 0 Å². The summed E-state index contributed by atoms with van der Waals surface area (Å²) in [4.78, 5) is 4.81. The smallest absolute Gasteiger partial charge is 0.168 e. The Kier molecular flexibility index (Phi) is 5.97. The van der Waals surface area contributed by atoms with Crippen LogP contribution in [0.15, 0.2) is 66.9 Å². The maximum atomic E-state index is 6.09. The van der Waals surface area contributed by atoms with Crippen LogP contribution in [-0.4, -0.2) is 59.3 Å². The zero-order valence-electron chi connectivity index (χ0n) is 18.2. The maximum absolute atomic E-state index is 6.09. The number of rotatable bonds is 6. The highest BCUT2D eigenvalue weighted by molar-refractivity contribution is 6.30. The molecule has 3 heterocycles. The van der Waals surface area contributed by atoms with Gasteiger partial charge in [-0.3, -0.25) is 4.40 Å². The number of anilines is 2. The molecule has 1 fully saturated rings. The summed E-state index contributed by atoms with van der Waals surface area (Å²) in [5.41, 5.74) is 5.42. The molecule has 0 saturated carbocycles. The van der Waals surface area contributed by atoms with Crippen LogP contribution in [-0.2, 0) is 6.42 Å². The molecule has 5 rings (SSSR count). The Labute approximate surface area is 193 Å². The van der Waals surface area contributed by atoms with Gasteiger partial charge in [0.25, 0.3) is 0 Å². The average Bonchev–Trinajstić information content (AvgIpc) is 3.23. The standard InChI is InChI=1S/C25H27ClN6/c1-30-13-15-31(16-14-30)23-8-5-20(6-9-23)25-29-28-24-10-7-22(18-32(24)25)27-12-11-19-3-2-4-21(26)17-19/h2-10,17-18,27H,11-16H2,1H3. The summed E-state index contributed by atoms with van der Waals surface area (Å²) in [7, 11) is 2.18. The van der Waals surface area contributed by atoms with Crippen molar-refractivity contribution in [1.29, 1.82) is 0 Å². The molecule has 1 N–H and O–H groups in total. The van der Waals surface area contributed by atoms with Gasteiger partial charge in [-0.05, 0) is 67.6 Å². The normalized spacial score (nSPS) is 14.8. The molecule has 1 aliphatic rings. The van der Waals surface area contributed by atoms with E-state index in [0.29, 0.717) is 0 Å². The molecular weight excluding hydrogens is 420 g/mol. The van der Waals surface area contributed by atoms with E-state index >= 15 is 0 Å². The number of nitrogens with one attached hydrogen (secondary N) is 1. The van der Waals surface area contributed by atoms with E-state index in [1.807, 2.05) is 34.7 Å². The largest absolute Gasteiger partial charge is 0.384 e. The third kappa shape index (κ3) is 4.56. The summed E-state index contributed by atoms with van der Waals surface area (Å²) >= 11 is 6.09. The van der Waals surface area contributed by atoms with Crippen LogP contribution in [0.2, 0.25) is 5.02 Å². The van der Waals surface area contributed by atoms with Crippen molar-refractivity contribution in [2.75, 3.05) is 50.0 Å². The highest BCUT2D eigenvalue weighted by atomic mass is 35.5. The number of halogens is 1. The molecule has 1 saturated heterocycles. The molecule has 1 aliphatic heterocycles. The fourth-order valence-corrected chi connectivity index (χ4v) is 4.33. The first-order valence-electron chi connectivity index (χ1n) is 11.0. The third-order valence-electron chi connectivity index (χ3n) is 6.03. The summed E-state index contributed by atoms with van der Waals surface area (Å²) in [5.74, 6) is 0.850. The molecule has 0 amide bonds. The number of benzene rings is 2. The van der Waals surface area contributed by atoms with E-state index in [1.165, 1.54) is 11.3 Å². The highest BCUT2D eigenvalue weighted by Gasteiger charge is 2.15. The van der Waals surface area contributed by atoms with Gasteiger partial charge in [0.05, 0.1) is 5.69 Å². The second-order valence-corrected chi connectivity index (χ2v) is 8.75. The van der Waals surface area contributed by atoms with E-state index in [9.17, 15) is 0 Å². The lowest BCUT2D eigenvalue weighted by atomic mass is 10.1. The van der Waals surface area contributed by atoms with Crippen LogP contribution < -0.4 is 10.2 Å². The van der Waals surface area contributed by atoms with Crippen LogP contribution in [0.4, 0.5) is 11.4 Å². The first kappa shape index (κ1) is 20.8. The van der Waals surface area contributed by atoms with E-state index in [0.717, 1.165) is 66.9 Å². The van der Waals surface area contributed by atoms with Crippen molar-refractivity contribution in [1.82, 2.24) is 19.5 Å². The van der Waals surface area contributed by atoms with Crippen molar-refractivity contribution >= 4 is 28.6 Å². The molecule has 0 bridgehead atoms. The zero-order chi connectivity index (χ0) is 21.9. The number of pyridine rings is 1. The van der Waals surface area contributed by atoms with Crippen LogP contribution in [0, 0.1) is 0 Å². The topological polar surface area (TPSA) is 48.7 Å². The lowest BCUT2D eigenvalue weighted by Crippen LogP contribution is -2.44.